The summed E-state index contributed by atoms with van der Waals surface area (Å²) in [6.45, 7) is 2.17. The largest absolute Gasteiger partial charge is 0.0843 e. The highest BCUT2D eigenvalue weighted by molar-refractivity contribution is 6.30. The van der Waals surface area contributed by atoms with Crippen molar-refractivity contribution in [2.75, 3.05) is 0 Å². The number of halogens is 1. The molecule has 0 nitrogen and oxygen atoms in total. The van der Waals surface area contributed by atoms with Crippen LogP contribution in [0.5, 0.6) is 0 Å². The summed E-state index contributed by atoms with van der Waals surface area (Å²) in [5.41, 5.74) is 3.98. The van der Waals surface area contributed by atoms with E-state index in [9.17, 15) is 0 Å². The number of benzene rings is 2. The van der Waals surface area contributed by atoms with E-state index in [-0.39, 0.29) is 0 Å². The molecule has 0 aliphatic carbocycles. The van der Waals surface area contributed by atoms with Crippen LogP contribution in [-0.2, 0) is 12.8 Å². The van der Waals surface area contributed by atoms with Crippen LogP contribution in [0.25, 0.3) is 0 Å². The molecule has 2 aromatic carbocycles. The Balaban J connectivity index is 2.14. The standard InChI is InChI=1S/C15H15Cl/c1-2-12-6-8-13(9-7-12)10-14-4-3-5-15(16)11-14/h3-9,11H,2,10H2,1H3. The Morgan fingerprint density at radius 2 is 1.56 bits per heavy atom. The molecule has 0 fully saturated rings. The summed E-state index contributed by atoms with van der Waals surface area (Å²) in [7, 11) is 0. The molecule has 0 spiro atoms. The van der Waals surface area contributed by atoms with E-state index in [1.54, 1.807) is 0 Å². The van der Waals surface area contributed by atoms with E-state index in [1.807, 2.05) is 18.2 Å². The molecule has 0 radical (unpaired) electrons. The summed E-state index contributed by atoms with van der Waals surface area (Å²) in [6.07, 6.45) is 2.04. The number of hydrogen-bond acceptors (Lipinski definition) is 0. The fourth-order valence-corrected chi connectivity index (χ4v) is 1.99. The van der Waals surface area contributed by atoms with Gasteiger partial charge in [0.15, 0.2) is 0 Å². The Morgan fingerprint density at radius 3 is 2.19 bits per heavy atom. The van der Waals surface area contributed by atoms with Gasteiger partial charge in [-0.1, -0.05) is 54.9 Å². The first kappa shape index (κ1) is 11.2. The molecule has 16 heavy (non-hydrogen) atoms. The molecule has 0 unspecified atom stereocenters. The van der Waals surface area contributed by atoms with Gasteiger partial charge in [0.05, 0.1) is 0 Å². The van der Waals surface area contributed by atoms with Crippen LogP contribution in [0.1, 0.15) is 23.6 Å². The monoisotopic (exact) mass is 230 g/mol. The lowest BCUT2D eigenvalue weighted by Crippen LogP contribution is -1.88. The minimum absolute atomic E-state index is 0.808. The van der Waals surface area contributed by atoms with Gasteiger partial charge in [-0.15, -0.1) is 0 Å². The van der Waals surface area contributed by atoms with Crippen molar-refractivity contribution in [2.24, 2.45) is 0 Å². The molecule has 0 heterocycles. The van der Waals surface area contributed by atoms with E-state index < -0.39 is 0 Å². The van der Waals surface area contributed by atoms with Crippen molar-refractivity contribution in [2.45, 2.75) is 19.8 Å². The fraction of sp³-hybridized carbons (Fsp3) is 0.200. The molecule has 0 atom stereocenters. The quantitative estimate of drug-likeness (QED) is 0.729. The molecule has 0 aliphatic rings. The van der Waals surface area contributed by atoms with Crippen molar-refractivity contribution in [1.29, 1.82) is 0 Å². The summed E-state index contributed by atoms with van der Waals surface area (Å²) in [5, 5.41) is 0.808. The first-order valence-corrected chi connectivity index (χ1v) is 5.98. The average molecular weight is 231 g/mol. The van der Waals surface area contributed by atoms with Gasteiger partial charge >= 0.3 is 0 Å². The third kappa shape index (κ3) is 2.86. The van der Waals surface area contributed by atoms with Gasteiger partial charge in [-0.3, -0.25) is 0 Å². The van der Waals surface area contributed by atoms with Gasteiger partial charge in [-0.05, 0) is 41.7 Å². The molecule has 0 N–H and O–H groups in total. The summed E-state index contributed by atoms with van der Waals surface area (Å²) >= 11 is 5.96. The minimum atomic E-state index is 0.808. The van der Waals surface area contributed by atoms with Crippen LogP contribution in [0.15, 0.2) is 48.5 Å². The summed E-state index contributed by atoms with van der Waals surface area (Å²) in [4.78, 5) is 0. The summed E-state index contributed by atoms with van der Waals surface area (Å²) in [6, 6.07) is 16.8. The van der Waals surface area contributed by atoms with Crippen molar-refractivity contribution >= 4 is 11.6 Å². The summed E-state index contributed by atoms with van der Waals surface area (Å²) < 4.78 is 0. The van der Waals surface area contributed by atoms with Crippen molar-refractivity contribution in [1.82, 2.24) is 0 Å². The number of hydrogen-bond donors (Lipinski definition) is 0. The normalized spacial score (nSPS) is 10.4. The number of rotatable bonds is 3. The van der Waals surface area contributed by atoms with Crippen LogP contribution in [0, 0.1) is 0 Å². The van der Waals surface area contributed by atoms with Gasteiger partial charge < -0.3 is 0 Å². The second kappa shape index (κ2) is 5.18. The van der Waals surface area contributed by atoms with Gasteiger partial charge in [-0.25, -0.2) is 0 Å². The smallest absolute Gasteiger partial charge is 0.0408 e. The zero-order chi connectivity index (χ0) is 11.4. The lowest BCUT2D eigenvalue weighted by atomic mass is 10.0. The van der Waals surface area contributed by atoms with Crippen LogP contribution >= 0.6 is 11.6 Å². The molecule has 2 rings (SSSR count). The van der Waals surface area contributed by atoms with Gasteiger partial charge in [0.2, 0.25) is 0 Å². The Bertz CT molecular complexity index is 457. The Kier molecular flexibility index (Phi) is 3.63. The van der Waals surface area contributed by atoms with E-state index in [1.165, 1.54) is 16.7 Å². The molecule has 0 saturated carbocycles. The molecule has 0 saturated heterocycles. The first-order chi connectivity index (χ1) is 7.78. The minimum Gasteiger partial charge on any atom is -0.0843 e. The van der Waals surface area contributed by atoms with E-state index in [4.69, 9.17) is 11.6 Å². The molecule has 0 bridgehead atoms. The highest BCUT2D eigenvalue weighted by Gasteiger charge is 1.97. The molecular weight excluding hydrogens is 216 g/mol. The maximum atomic E-state index is 5.96. The van der Waals surface area contributed by atoms with Gasteiger partial charge in [-0.2, -0.15) is 0 Å². The van der Waals surface area contributed by atoms with E-state index in [0.29, 0.717) is 0 Å². The molecule has 1 heteroatoms. The SMILES string of the molecule is CCc1ccc(Cc2cccc(Cl)c2)cc1. The maximum Gasteiger partial charge on any atom is 0.0408 e. The predicted octanol–water partition coefficient (Wildman–Crippen LogP) is 4.49. The van der Waals surface area contributed by atoms with Gasteiger partial charge in [0.1, 0.15) is 0 Å². The van der Waals surface area contributed by atoms with Crippen LogP contribution in [0.3, 0.4) is 0 Å². The molecular formula is C15H15Cl. The molecule has 0 aromatic heterocycles. The molecule has 82 valence electrons. The highest BCUT2D eigenvalue weighted by atomic mass is 35.5. The maximum absolute atomic E-state index is 5.96. The van der Waals surface area contributed by atoms with Crippen LogP contribution in [-0.4, -0.2) is 0 Å². The van der Waals surface area contributed by atoms with Crippen LogP contribution in [0.4, 0.5) is 0 Å². The van der Waals surface area contributed by atoms with Crippen molar-refractivity contribution in [3.8, 4) is 0 Å². The first-order valence-electron chi connectivity index (χ1n) is 5.60. The Hall–Kier alpha value is -1.27. The Morgan fingerprint density at radius 1 is 0.875 bits per heavy atom. The topological polar surface area (TPSA) is 0 Å². The zero-order valence-corrected chi connectivity index (χ0v) is 10.2. The zero-order valence-electron chi connectivity index (χ0n) is 9.41. The van der Waals surface area contributed by atoms with Crippen molar-refractivity contribution in [3.05, 3.63) is 70.2 Å². The fourth-order valence-electron chi connectivity index (χ4n) is 1.78. The van der Waals surface area contributed by atoms with E-state index in [0.717, 1.165) is 17.9 Å². The van der Waals surface area contributed by atoms with E-state index >= 15 is 0 Å². The van der Waals surface area contributed by atoms with Crippen molar-refractivity contribution < 1.29 is 0 Å². The molecule has 2 aromatic rings. The van der Waals surface area contributed by atoms with Gasteiger partial charge in [0.25, 0.3) is 0 Å². The lowest BCUT2D eigenvalue weighted by Gasteiger charge is -2.03. The highest BCUT2D eigenvalue weighted by Crippen LogP contribution is 2.15. The van der Waals surface area contributed by atoms with Gasteiger partial charge in [0, 0.05) is 5.02 Å². The second-order valence-electron chi connectivity index (χ2n) is 3.98. The number of aryl methyl sites for hydroxylation is 1. The second-order valence-corrected chi connectivity index (χ2v) is 4.41. The van der Waals surface area contributed by atoms with Crippen LogP contribution < -0.4 is 0 Å². The van der Waals surface area contributed by atoms with Crippen molar-refractivity contribution in [3.63, 3.8) is 0 Å². The van der Waals surface area contributed by atoms with E-state index in [2.05, 4.69) is 37.3 Å². The third-order valence-corrected chi connectivity index (χ3v) is 2.96. The predicted molar refractivity (Wildman–Crippen MR) is 70.1 cm³/mol. The Labute approximate surface area is 102 Å². The molecule has 0 amide bonds. The summed E-state index contributed by atoms with van der Waals surface area (Å²) in [5.74, 6) is 0. The lowest BCUT2D eigenvalue weighted by molar-refractivity contribution is 1.12. The molecule has 0 aliphatic heterocycles. The average Bonchev–Trinajstić information content (AvgIpc) is 2.30. The van der Waals surface area contributed by atoms with Crippen LogP contribution in [0.2, 0.25) is 5.02 Å². The third-order valence-electron chi connectivity index (χ3n) is 2.73.